The molecular weight excluding hydrogens is 326 g/mol. The van der Waals surface area contributed by atoms with Gasteiger partial charge in [0.15, 0.2) is 5.78 Å². The van der Waals surface area contributed by atoms with Crippen molar-refractivity contribution in [2.75, 3.05) is 27.7 Å². The van der Waals surface area contributed by atoms with E-state index in [4.69, 9.17) is 4.74 Å². The molecule has 0 fully saturated rings. The van der Waals surface area contributed by atoms with Crippen molar-refractivity contribution in [1.29, 1.82) is 0 Å². The number of esters is 1. The number of nitrogens with zero attached hydrogens (tertiary/aromatic N) is 1. The Balaban J connectivity index is 5.69. The standard InChI is InChI=1S/C18H33NO6/c1-7-9-14(20)10-16(23)25-18(11-15(21)22,12-19(4,5)6)17(24)13(3)8-2/h13-14,20H,7-12H2,1-6H3. The first-order valence-corrected chi connectivity index (χ1v) is 8.81. The molecule has 0 heterocycles. The lowest BCUT2D eigenvalue weighted by atomic mass is 9.84. The lowest BCUT2D eigenvalue weighted by molar-refractivity contribution is -0.875. The number of rotatable bonds is 12. The number of aliphatic carboxylic acids is 1. The summed E-state index contributed by atoms with van der Waals surface area (Å²) in [7, 11) is 5.36. The number of ketones is 1. The number of quaternary nitrogens is 1. The van der Waals surface area contributed by atoms with Gasteiger partial charge in [0.2, 0.25) is 5.60 Å². The lowest BCUT2D eigenvalue weighted by Crippen LogP contribution is -2.59. The number of aliphatic hydroxyl groups is 1. The molecule has 0 radical (unpaired) electrons. The zero-order valence-corrected chi connectivity index (χ0v) is 16.3. The molecule has 0 spiro atoms. The summed E-state index contributed by atoms with van der Waals surface area (Å²) in [6, 6.07) is 0. The van der Waals surface area contributed by atoms with Crippen LogP contribution in [0.2, 0.25) is 0 Å². The summed E-state index contributed by atoms with van der Waals surface area (Å²) in [5.41, 5.74) is -1.80. The quantitative estimate of drug-likeness (QED) is 0.396. The molecular formula is C18H33NO6. The molecule has 146 valence electrons. The maximum absolute atomic E-state index is 12.9. The minimum Gasteiger partial charge on any atom is -0.550 e. The van der Waals surface area contributed by atoms with E-state index < -0.39 is 41.8 Å². The maximum atomic E-state index is 12.9. The van der Waals surface area contributed by atoms with Crippen LogP contribution < -0.4 is 5.11 Å². The predicted molar refractivity (Wildman–Crippen MR) is 91.3 cm³/mol. The summed E-state index contributed by atoms with van der Waals surface area (Å²) in [6.07, 6.45) is -0.211. The minimum absolute atomic E-state index is 0.0137. The fourth-order valence-electron chi connectivity index (χ4n) is 2.86. The first-order valence-electron chi connectivity index (χ1n) is 8.81. The van der Waals surface area contributed by atoms with Crippen molar-refractivity contribution < 1.29 is 33.8 Å². The monoisotopic (exact) mass is 359 g/mol. The van der Waals surface area contributed by atoms with E-state index in [9.17, 15) is 24.6 Å². The average Bonchev–Trinajstić information content (AvgIpc) is 2.42. The molecule has 0 saturated heterocycles. The molecule has 0 saturated carbocycles. The van der Waals surface area contributed by atoms with Gasteiger partial charge in [0.25, 0.3) is 0 Å². The summed E-state index contributed by atoms with van der Waals surface area (Å²) < 4.78 is 5.68. The van der Waals surface area contributed by atoms with Crippen LogP contribution in [0.5, 0.6) is 0 Å². The molecule has 25 heavy (non-hydrogen) atoms. The Bertz CT molecular complexity index is 471. The van der Waals surface area contributed by atoms with E-state index in [1.807, 2.05) is 13.8 Å². The van der Waals surface area contributed by atoms with Gasteiger partial charge in [0.1, 0.15) is 6.54 Å². The summed E-state index contributed by atoms with van der Waals surface area (Å²) in [5.74, 6) is -3.11. The van der Waals surface area contributed by atoms with Gasteiger partial charge in [-0.1, -0.05) is 27.2 Å². The first kappa shape index (κ1) is 23.5. The highest BCUT2D eigenvalue weighted by atomic mass is 16.6. The fourth-order valence-corrected chi connectivity index (χ4v) is 2.86. The largest absolute Gasteiger partial charge is 0.550 e. The number of aliphatic hydroxyl groups excluding tert-OH is 1. The lowest BCUT2D eigenvalue weighted by Gasteiger charge is -2.39. The first-order chi connectivity index (χ1) is 11.4. The van der Waals surface area contributed by atoms with Crippen LogP contribution in [-0.4, -0.2) is 66.7 Å². The molecule has 1 N–H and O–H groups in total. The van der Waals surface area contributed by atoms with Crippen LogP contribution in [0.3, 0.4) is 0 Å². The number of carbonyl (C=O) groups excluding carboxylic acids is 3. The average molecular weight is 359 g/mol. The van der Waals surface area contributed by atoms with Crippen LogP contribution in [0, 0.1) is 5.92 Å². The van der Waals surface area contributed by atoms with Crippen LogP contribution in [0.25, 0.3) is 0 Å². The Morgan fingerprint density at radius 2 is 1.76 bits per heavy atom. The minimum atomic E-state index is -1.80. The second-order valence-corrected chi connectivity index (χ2v) is 7.79. The Labute approximate surface area is 150 Å². The molecule has 0 aromatic heterocycles. The molecule has 0 aromatic carbocycles. The van der Waals surface area contributed by atoms with E-state index in [-0.39, 0.29) is 17.4 Å². The van der Waals surface area contributed by atoms with E-state index in [1.54, 1.807) is 28.1 Å². The Morgan fingerprint density at radius 3 is 2.16 bits per heavy atom. The summed E-state index contributed by atoms with van der Waals surface area (Å²) >= 11 is 0. The number of Topliss-reactive ketones (excluding diaryl/α,β-unsaturated/α-hetero) is 1. The maximum Gasteiger partial charge on any atom is 0.309 e. The number of carboxylic acids is 1. The van der Waals surface area contributed by atoms with Crippen LogP contribution in [0.15, 0.2) is 0 Å². The van der Waals surface area contributed by atoms with Gasteiger partial charge in [-0.3, -0.25) is 9.59 Å². The van der Waals surface area contributed by atoms with Crippen molar-refractivity contribution in [2.24, 2.45) is 5.92 Å². The normalized spacial score (nSPS) is 16.6. The van der Waals surface area contributed by atoms with Crippen LogP contribution in [0.4, 0.5) is 0 Å². The zero-order chi connectivity index (χ0) is 19.8. The van der Waals surface area contributed by atoms with Gasteiger partial charge in [0.05, 0.1) is 33.7 Å². The summed E-state index contributed by atoms with van der Waals surface area (Å²) in [4.78, 5) is 36.5. The van der Waals surface area contributed by atoms with E-state index in [1.165, 1.54) is 0 Å². The van der Waals surface area contributed by atoms with Crippen LogP contribution in [-0.2, 0) is 19.1 Å². The Hall–Kier alpha value is -1.47. The number of hydrogen-bond acceptors (Lipinski definition) is 6. The summed E-state index contributed by atoms with van der Waals surface area (Å²) in [6.45, 7) is 5.38. The number of ether oxygens (including phenoxy) is 1. The van der Waals surface area contributed by atoms with Gasteiger partial charge < -0.3 is 24.2 Å². The molecule has 3 unspecified atom stereocenters. The van der Waals surface area contributed by atoms with E-state index in [0.717, 1.165) is 0 Å². The van der Waals surface area contributed by atoms with E-state index in [0.29, 0.717) is 19.3 Å². The number of hydrogen-bond donors (Lipinski definition) is 1. The van der Waals surface area contributed by atoms with Gasteiger partial charge in [-0.05, 0) is 12.8 Å². The molecule has 0 rings (SSSR count). The van der Waals surface area contributed by atoms with Crippen molar-refractivity contribution in [3.05, 3.63) is 0 Å². The van der Waals surface area contributed by atoms with Crippen molar-refractivity contribution in [2.45, 2.75) is 64.6 Å². The Morgan fingerprint density at radius 1 is 1.20 bits per heavy atom. The van der Waals surface area contributed by atoms with Crippen molar-refractivity contribution in [1.82, 2.24) is 0 Å². The molecule has 3 atom stereocenters. The zero-order valence-electron chi connectivity index (χ0n) is 16.3. The molecule has 7 nitrogen and oxygen atoms in total. The highest BCUT2D eigenvalue weighted by Gasteiger charge is 2.48. The smallest absolute Gasteiger partial charge is 0.309 e. The van der Waals surface area contributed by atoms with Gasteiger partial charge in [-0.15, -0.1) is 0 Å². The van der Waals surface area contributed by atoms with Crippen molar-refractivity contribution in [3.8, 4) is 0 Å². The van der Waals surface area contributed by atoms with Crippen molar-refractivity contribution in [3.63, 3.8) is 0 Å². The molecule has 0 aliphatic heterocycles. The number of carbonyl (C=O) groups is 3. The fraction of sp³-hybridized carbons (Fsp3) is 0.833. The highest BCUT2D eigenvalue weighted by molar-refractivity contribution is 5.94. The second kappa shape index (κ2) is 9.87. The van der Waals surface area contributed by atoms with Crippen LogP contribution in [0.1, 0.15) is 52.9 Å². The van der Waals surface area contributed by atoms with Crippen LogP contribution >= 0.6 is 0 Å². The third-order valence-corrected chi connectivity index (χ3v) is 4.00. The van der Waals surface area contributed by atoms with Gasteiger partial charge in [-0.2, -0.15) is 0 Å². The molecule has 0 bridgehead atoms. The summed E-state index contributed by atoms with van der Waals surface area (Å²) in [5, 5.41) is 21.1. The van der Waals surface area contributed by atoms with Crippen molar-refractivity contribution >= 4 is 17.7 Å². The topological polar surface area (TPSA) is 104 Å². The van der Waals surface area contributed by atoms with E-state index in [2.05, 4.69) is 0 Å². The van der Waals surface area contributed by atoms with E-state index >= 15 is 0 Å². The molecule has 0 amide bonds. The van der Waals surface area contributed by atoms with Gasteiger partial charge in [0, 0.05) is 18.3 Å². The molecule has 0 aliphatic carbocycles. The molecule has 0 aromatic rings. The number of carboxylic acid groups (broad SMARTS) is 1. The predicted octanol–water partition coefficient (Wildman–Crippen LogP) is 0.281. The second-order valence-electron chi connectivity index (χ2n) is 7.79. The highest BCUT2D eigenvalue weighted by Crippen LogP contribution is 2.27. The van der Waals surface area contributed by atoms with Gasteiger partial charge in [-0.25, -0.2) is 0 Å². The molecule has 7 heteroatoms. The van der Waals surface area contributed by atoms with Gasteiger partial charge >= 0.3 is 5.97 Å². The molecule has 0 aliphatic rings. The third kappa shape index (κ3) is 8.45. The SMILES string of the molecule is CCCC(O)CC(=O)OC(CC(=O)[O-])(C[N+](C)(C)C)C(=O)C(C)CC. The third-order valence-electron chi connectivity index (χ3n) is 4.00. The Kier molecular flexibility index (Phi) is 9.29. The number of likely N-dealkylation sites (N-methyl/N-ethyl adjacent to an activating group) is 1.